The summed E-state index contributed by atoms with van der Waals surface area (Å²) in [5.74, 6) is 0.171. The van der Waals surface area contributed by atoms with Gasteiger partial charge in [-0.15, -0.1) is 6.58 Å². The van der Waals surface area contributed by atoms with Crippen LogP contribution in [0.25, 0.3) is 10.9 Å². The minimum atomic E-state index is -0.909. The molecule has 0 saturated carbocycles. The minimum absolute atomic E-state index is 0.0434. The molecule has 13 heteroatoms. The van der Waals surface area contributed by atoms with Gasteiger partial charge >= 0.3 is 0 Å². The van der Waals surface area contributed by atoms with Crippen LogP contribution < -0.4 is 5.32 Å². The van der Waals surface area contributed by atoms with Gasteiger partial charge < -0.3 is 29.7 Å². The maximum atomic E-state index is 14.7. The predicted molar refractivity (Wildman–Crippen MR) is 236 cm³/mol. The quantitative estimate of drug-likeness (QED) is 0.0875. The molecule has 318 valence electrons. The summed E-state index contributed by atoms with van der Waals surface area (Å²) < 4.78 is 1.93. The normalized spacial score (nSPS) is 17.0. The van der Waals surface area contributed by atoms with Crippen LogP contribution in [0.3, 0.4) is 0 Å². The number of ketones is 1. The molecule has 7 rings (SSSR count). The third-order valence-electron chi connectivity index (χ3n) is 11.8. The zero-order valence-corrected chi connectivity index (χ0v) is 35.4. The monoisotopic (exact) mass is 824 g/mol. The van der Waals surface area contributed by atoms with Crippen LogP contribution in [-0.4, -0.2) is 121 Å². The molecule has 2 fully saturated rings. The van der Waals surface area contributed by atoms with E-state index >= 15 is 0 Å². The smallest absolute Gasteiger partial charge is 0.246 e. The van der Waals surface area contributed by atoms with Crippen LogP contribution in [0.4, 0.5) is 5.82 Å². The maximum absolute atomic E-state index is 14.7. The first-order valence-corrected chi connectivity index (χ1v) is 21.2. The van der Waals surface area contributed by atoms with Crippen molar-refractivity contribution in [3.05, 3.63) is 138 Å². The number of likely N-dealkylation sites (N-methyl/N-ethyl adjacent to an activating group) is 1. The molecule has 0 aliphatic carbocycles. The summed E-state index contributed by atoms with van der Waals surface area (Å²) in [7, 11) is 1.90. The van der Waals surface area contributed by atoms with Crippen LogP contribution in [0.15, 0.2) is 110 Å². The molecule has 3 amide bonds. The lowest BCUT2D eigenvalue weighted by Gasteiger charge is -2.55. The van der Waals surface area contributed by atoms with E-state index in [1.54, 1.807) is 56.4 Å². The summed E-state index contributed by atoms with van der Waals surface area (Å²) in [4.78, 5) is 67.3. The van der Waals surface area contributed by atoms with E-state index in [0.29, 0.717) is 12.0 Å². The molecular weight excluding hydrogens is 769 g/mol. The molecule has 0 bridgehead atoms. The fourth-order valence-corrected chi connectivity index (χ4v) is 8.67. The van der Waals surface area contributed by atoms with Gasteiger partial charge in [0, 0.05) is 75.8 Å². The highest BCUT2D eigenvalue weighted by Gasteiger charge is 2.51. The van der Waals surface area contributed by atoms with Crippen molar-refractivity contribution in [2.75, 3.05) is 51.1 Å². The van der Waals surface area contributed by atoms with Crippen molar-refractivity contribution in [3.8, 4) is 5.75 Å². The van der Waals surface area contributed by atoms with Gasteiger partial charge in [0.2, 0.25) is 17.7 Å². The van der Waals surface area contributed by atoms with E-state index in [1.165, 1.54) is 0 Å². The Kier molecular flexibility index (Phi) is 13.6. The van der Waals surface area contributed by atoms with E-state index in [-0.39, 0.29) is 74.7 Å². The average molecular weight is 825 g/mol. The molecule has 61 heavy (non-hydrogen) atoms. The highest BCUT2D eigenvalue weighted by atomic mass is 16.3. The summed E-state index contributed by atoms with van der Waals surface area (Å²) in [5, 5.41) is 17.6. The number of para-hydroxylation sites is 1. The van der Waals surface area contributed by atoms with Gasteiger partial charge in [-0.25, -0.2) is 15.0 Å². The number of aromatic hydroxyl groups is 1. The van der Waals surface area contributed by atoms with Crippen molar-refractivity contribution in [2.24, 2.45) is 7.05 Å². The average Bonchev–Trinajstić information content (AvgIpc) is 3.61. The number of hydrazine groups is 1. The number of aryl methyl sites for hydroxylation is 2. The van der Waals surface area contributed by atoms with Crippen molar-refractivity contribution < 1.29 is 24.3 Å². The second kappa shape index (κ2) is 19.4. The van der Waals surface area contributed by atoms with Crippen molar-refractivity contribution in [2.45, 2.75) is 58.3 Å². The number of amides is 3. The maximum Gasteiger partial charge on any atom is 0.246 e. The number of carbonyl (C=O) groups is 4. The SMILES string of the molecule is C=CCN1CC(=O)N2C(CN(Cc3cccc4c(C(=O)Cc5ccc(NCCN(CC)CC)nc5)cn(C)c34)C(=O)[C@@H]2Cc2ccc(O)cc2)N1C(=O)CCc1ccccc1. The first-order chi connectivity index (χ1) is 29.6. The number of phenols is 1. The summed E-state index contributed by atoms with van der Waals surface area (Å²) in [5.41, 5.74) is 4.84. The number of nitrogens with one attached hydrogen (secondary N) is 1. The molecule has 2 atom stereocenters. The van der Waals surface area contributed by atoms with Crippen LogP contribution in [0, 0.1) is 0 Å². The number of pyridine rings is 1. The number of aromatic nitrogens is 2. The van der Waals surface area contributed by atoms with Crippen LogP contribution >= 0.6 is 0 Å². The Morgan fingerprint density at radius 2 is 1.70 bits per heavy atom. The number of fused-ring (bicyclic) bond motifs is 2. The molecule has 0 spiro atoms. The van der Waals surface area contributed by atoms with Crippen LogP contribution in [0.5, 0.6) is 5.75 Å². The van der Waals surface area contributed by atoms with Gasteiger partial charge in [-0.1, -0.05) is 86.7 Å². The van der Waals surface area contributed by atoms with Gasteiger partial charge in [-0.05, 0) is 60.0 Å². The Bertz CT molecular complexity index is 2340. The molecule has 2 N–H and O–H groups in total. The number of anilines is 1. The van der Waals surface area contributed by atoms with Gasteiger partial charge in [0.15, 0.2) is 5.78 Å². The Hall–Kier alpha value is -6.31. The summed E-state index contributed by atoms with van der Waals surface area (Å²) in [6, 6.07) is 25.1. The second-order valence-electron chi connectivity index (χ2n) is 15.8. The number of piperazine rings is 1. The lowest BCUT2D eigenvalue weighted by molar-refractivity contribution is -0.205. The number of carbonyl (C=O) groups excluding carboxylic acids is 4. The fraction of sp³-hybridized carbons (Fsp3) is 0.354. The van der Waals surface area contributed by atoms with Crippen molar-refractivity contribution in [1.82, 2.24) is 34.3 Å². The Labute approximate surface area is 357 Å². The molecule has 3 aromatic carbocycles. The van der Waals surface area contributed by atoms with E-state index < -0.39 is 12.2 Å². The molecular formula is C48H56N8O5. The van der Waals surface area contributed by atoms with Crippen molar-refractivity contribution >= 4 is 40.2 Å². The molecule has 2 aromatic heterocycles. The van der Waals surface area contributed by atoms with Gasteiger partial charge in [0.25, 0.3) is 0 Å². The van der Waals surface area contributed by atoms with Crippen molar-refractivity contribution in [1.29, 1.82) is 0 Å². The first-order valence-electron chi connectivity index (χ1n) is 21.2. The number of phenolic OH excluding ortho intramolecular Hbond substituents is 1. The zero-order valence-electron chi connectivity index (χ0n) is 35.4. The number of benzene rings is 3. The van der Waals surface area contributed by atoms with Crippen LogP contribution in [0.1, 0.15) is 52.9 Å². The van der Waals surface area contributed by atoms with E-state index in [4.69, 9.17) is 0 Å². The van der Waals surface area contributed by atoms with E-state index in [0.717, 1.165) is 65.2 Å². The largest absolute Gasteiger partial charge is 0.508 e. The predicted octanol–water partition coefficient (Wildman–Crippen LogP) is 5.44. The Morgan fingerprint density at radius 1 is 0.951 bits per heavy atom. The lowest BCUT2D eigenvalue weighted by Crippen LogP contribution is -2.75. The number of rotatable bonds is 18. The van der Waals surface area contributed by atoms with Gasteiger partial charge in [0.1, 0.15) is 23.8 Å². The molecule has 0 radical (unpaired) electrons. The molecule has 2 aliphatic heterocycles. The second-order valence-corrected chi connectivity index (χ2v) is 15.8. The Morgan fingerprint density at radius 3 is 2.41 bits per heavy atom. The molecule has 4 heterocycles. The van der Waals surface area contributed by atoms with Gasteiger partial charge in [-0.3, -0.25) is 19.2 Å². The topological polar surface area (TPSA) is 135 Å². The summed E-state index contributed by atoms with van der Waals surface area (Å²) in [6.07, 6.45) is 5.60. The van der Waals surface area contributed by atoms with E-state index in [9.17, 15) is 24.3 Å². The molecule has 2 aliphatic rings. The number of nitrogens with zero attached hydrogens (tertiary/aromatic N) is 7. The molecule has 1 unspecified atom stereocenters. The lowest BCUT2D eigenvalue weighted by atomic mass is 9.97. The van der Waals surface area contributed by atoms with E-state index in [2.05, 4.69) is 35.6 Å². The number of hydrogen-bond acceptors (Lipinski definition) is 9. The standard InChI is InChI=1S/C48H56N8O5/c1-5-25-54-33-46(60)55-41(27-35-16-20-38(57)21-17-35)48(61)53(32-44(55)56(54)45(59)23-19-34-12-9-8-10-13-34)30-37-14-11-15-39-40(31-51(4)47(37)39)42(58)28-36-18-22-43(50-29-36)49-24-26-52(6-2)7-3/h5,8-18,20-22,29,31,41,44,57H,1,6-7,19,23-28,30,32-33H2,2-4H3,(H,49,50)/t41-,44?/m0/s1. The number of Topliss-reactive ketones (excluding diaryl/α,β-unsaturated/α-hetero) is 1. The van der Waals surface area contributed by atoms with Crippen LogP contribution in [-0.2, 0) is 47.2 Å². The highest BCUT2D eigenvalue weighted by molar-refractivity contribution is 6.09. The fourth-order valence-electron chi connectivity index (χ4n) is 8.67. The molecule has 2 saturated heterocycles. The molecule has 13 nitrogen and oxygen atoms in total. The minimum Gasteiger partial charge on any atom is -0.508 e. The third-order valence-corrected chi connectivity index (χ3v) is 11.8. The molecule has 5 aromatic rings. The van der Waals surface area contributed by atoms with Gasteiger partial charge in [-0.2, -0.15) is 0 Å². The number of hydrogen-bond donors (Lipinski definition) is 2. The first kappa shape index (κ1) is 42.8. The summed E-state index contributed by atoms with van der Waals surface area (Å²) in [6.45, 7) is 12.4. The highest BCUT2D eigenvalue weighted by Crippen LogP contribution is 2.32. The van der Waals surface area contributed by atoms with Gasteiger partial charge in [0.05, 0.1) is 18.6 Å². The summed E-state index contributed by atoms with van der Waals surface area (Å²) >= 11 is 0. The third kappa shape index (κ3) is 9.69. The van der Waals surface area contributed by atoms with E-state index in [1.807, 2.05) is 78.5 Å². The zero-order chi connectivity index (χ0) is 43.0. The van der Waals surface area contributed by atoms with Crippen molar-refractivity contribution in [3.63, 3.8) is 0 Å². The Balaban J connectivity index is 1.15. The van der Waals surface area contributed by atoms with Crippen LogP contribution in [0.2, 0.25) is 0 Å².